The molecule has 0 fully saturated rings. The van der Waals surface area contributed by atoms with Crippen molar-refractivity contribution in [2.24, 2.45) is 5.73 Å². The van der Waals surface area contributed by atoms with Crippen molar-refractivity contribution >= 4 is 11.6 Å². The van der Waals surface area contributed by atoms with E-state index < -0.39 is 6.04 Å². The van der Waals surface area contributed by atoms with Gasteiger partial charge in [0.15, 0.2) is 0 Å². The molecule has 2 heterocycles. The Kier molecular flexibility index (Phi) is 5.81. The Bertz CT molecular complexity index is 959. The van der Waals surface area contributed by atoms with Crippen LogP contribution < -0.4 is 16.0 Å². The van der Waals surface area contributed by atoms with Crippen LogP contribution in [-0.2, 0) is 30.7 Å². The van der Waals surface area contributed by atoms with Crippen LogP contribution in [0.5, 0.6) is 0 Å². The minimum Gasteiger partial charge on any atom is -0.367 e. The molecule has 0 saturated carbocycles. The second-order valence-electron chi connectivity index (χ2n) is 7.36. The SMILES string of the molecule is NC(Cc1cccnn1)C(=O)NCc1ccc(CN2CCc3ccccc32)cc1. The van der Waals surface area contributed by atoms with Gasteiger partial charge in [-0.3, -0.25) is 4.79 Å². The first-order valence-electron chi connectivity index (χ1n) is 9.89. The fourth-order valence-corrected chi connectivity index (χ4v) is 3.63. The van der Waals surface area contributed by atoms with Crippen LogP contribution in [0.25, 0.3) is 0 Å². The van der Waals surface area contributed by atoms with Crippen molar-refractivity contribution in [3.63, 3.8) is 0 Å². The summed E-state index contributed by atoms with van der Waals surface area (Å²) in [6.45, 7) is 2.41. The maximum atomic E-state index is 12.2. The molecule has 1 amide bonds. The largest absolute Gasteiger partial charge is 0.367 e. The van der Waals surface area contributed by atoms with Crippen molar-refractivity contribution in [3.8, 4) is 0 Å². The minimum atomic E-state index is -0.638. The fraction of sp³-hybridized carbons (Fsp3) is 0.261. The van der Waals surface area contributed by atoms with Crippen LogP contribution in [0.15, 0.2) is 66.9 Å². The van der Waals surface area contributed by atoms with E-state index in [2.05, 4.69) is 68.9 Å². The van der Waals surface area contributed by atoms with Gasteiger partial charge in [-0.2, -0.15) is 10.2 Å². The van der Waals surface area contributed by atoms with Crippen LogP contribution in [0.1, 0.15) is 22.4 Å². The first-order chi connectivity index (χ1) is 14.2. The summed E-state index contributed by atoms with van der Waals surface area (Å²) in [7, 11) is 0. The lowest BCUT2D eigenvalue weighted by molar-refractivity contribution is -0.122. The van der Waals surface area contributed by atoms with Gasteiger partial charge in [0.1, 0.15) is 0 Å². The number of hydrogen-bond donors (Lipinski definition) is 2. The van der Waals surface area contributed by atoms with E-state index in [1.54, 1.807) is 12.3 Å². The van der Waals surface area contributed by atoms with Crippen molar-refractivity contribution in [2.45, 2.75) is 32.0 Å². The molecule has 6 heteroatoms. The number of nitrogens with zero attached hydrogens (tertiary/aromatic N) is 3. The third-order valence-electron chi connectivity index (χ3n) is 5.24. The van der Waals surface area contributed by atoms with Crippen LogP contribution in [0.3, 0.4) is 0 Å². The maximum absolute atomic E-state index is 12.2. The van der Waals surface area contributed by atoms with Gasteiger partial charge >= 0.3 is 0 Å². The molecule has 2 aromatic carbocycles. The Morgan fingerprint density at radius 3 is 2.66 bits per heavy atom. The Hall–Kier alpha value is -3.25. The summed E-state index contributed by atoms with van der Waals surface area (Å²) in [4.78, 5) is 14.7. The predicted octanol–water partition coefficient (Wildman–Crippen LogP) is 2.23. The van der Waals surface area contributed by atoms with Gasteiger partial charge in [0.2, 0.25) is 5.91 Å². The van der Waals surface area contributed by atoms with E-state index in [1.807, 2.05) is 6.07 Å². The highest BCUT2D eigenvalue weighted by Gasteiger charge is 2.18. The number of carbonyl (C=O) groups is 1. The summed E-state index contributed by atoms with van der Waals surface area (Å²) in [5.41, 5.74) is 11.8. The smallest absolute Gasteiger partial charge is 0.237 e. The molecule has 0 radical (unpaired) electrons. The van der Waals surface area contributed by atoms with E-state index in [4.69, 9.17) is 5.73 Å². The molecule has 1 aliphatic heterocycles. The fourth-order valence-electron chi connectivity index (χ4n) is 3.63. The van der Waals surface area contributed by atoms with E-state index >= 15 is 0 Å². The molecule has 148 valence electrons. The molecular weight excluding hydrogens is 362 g/mol. The number of nitrogens with one attached hydrogen (secondary N) is 1. The van der Waals surface area contributed by atoms with Crippen LogP contribution in [0.4, 0.5) is 5.69 Å². The van der Waals surface area contributed by atoms with E-state index in [0.717, 1.165) is 25.1 Å². The van der Waals surface area contributed by atoms with E-state index in [0.29, 0.717) is 18.7 Å². The van der Waals surface area contributed by atoms with Gasteiger partial charge in [0.05, 0.1) is 11.7 Å². The van der Waals surface area contributed by atoms with Crippen molar-refractivity contribution < 1.29 is 4.79 Å². The number of anilines is 1. The summed E-state index contributed by atoms with van der Waals surface area (Å²) < 4.78 is 0. The molecule has 29 heavy (non-hydrogen) atoms. The number of fused-ring (bicyclic) bond motifs is 1. The number of para-hydroxylation sites is 1. The molecule has 4 rings (SSSR count). The van der Waals surface area contributed by atoms with Crippen LogP contribution in [0.2, 0.25) is 0 Å². The molecular formula is C23H25N5O. The molecule has 3 N–H and O–H groups in total. The Labute approximate surface area is 170 Å². The molecule has 0 aliphatic carbocycles. The van der Waals surface area contributed by atoms with Crippen molar-refractivity contribution in [1.82, 2.24) is 15.5 Å². The molecule has 1 atom stereocenters. The van der Waals surface area contributed by atoms with Gasteiger partial charge in [-0.1, -0.05) is 42.5 Å². The lowest BCUT2D eigenvalue weighted by Gasteiger charge is -2.19. The average molecular weight is 387 g/mol. The van der Waals surface area contributed by atoms with Gasteiger partial charge < -0.3 is 16.0 Å². The Morgan fingerprint density at radius 2 is 1.86 bits per heavy atom. The molecule has 1 aliphatic rings. The number of benzene rings is 2. The summed E-state index contributed by atoms with van der Waals surface area (Å²) in [5, 5.41) is 10.7. The molecule has 1 unspecified atom stereocenters. The van der Waals surface area contributed by atoms with E-state index in [9.17, 15) is 4.79 Å². The summed E-state index contributed by atoms with van der Waals surface area (Å²) >= 11 is 0. The third kappa shape index (κ3) is 4.78. The maximum Gasteiger partial charge on any atom is 0.237 e. The lowest BCUT2D eigenvalue weighted by Crippen LogP contribution is -2.41. The first-order valence-corrected chi connectivity index (χ1v) is 9.89. The lowest BCUT2D eigenvalue weighted by atomic mass is 10.1. The Morgan fingerprint density at radius 1 is 1.07 bits per heavy atom. The van der Waals surface area contributed by atoms with Crippen LogP contribution in [0, 0.1) is 0 Å². The first kappa shape index (κ1) is 19.1. The second-order valence-corrected chi connectivity index (χ2v) is 7.36. The molecule has 3 aromatic rings. The zero-order chi connectivity index (χ0) is 20.1. The van der Waals surface area contributed by atoms with Gasteiger partial charge in [-0.05, 0) is 41.3 Å². The van der Waals surface area contributed by atoms with Gasteiger partial charge in [0, 0.05) is 37.9 Å². The van der Waals surface area contributed by atoms with Gasteiger partial charge in [-0.15, -0.1) is 0 Å². The van der Waals surface area contributed by atoms with Crippen LogP contribution >= 0.6 is 0 Å². The average Bonchev–Trinajstić information content (AvgIpc) is 3.16. The topological polar surface area (TPSA) is 84.1 Å². The summed E-state index contributed by atoms with van der Waals surface area (Å²) in [6.07, 6.45) is 3.08. The quantitative estimate of drug-likeness (QED) is 0.649. The second kappa shape index (κ2) is 8.84. The number of rotatable bonds is 7. The van der Waals surface area contributed by atoms with Crippen molar-refractivity contribution in [1.29, 1.82) is 0 Å². The summed E-state index contributed by atoms with van der Waals surface area (Å²) in [5.74, 6) is -0.187. The number of aromatic nitrogens is 2. The molecule has 0 saturated heterocycles. The van der Waals surface area contributed by atoms with Gasteiger partial charge in [0.25, 0.3) is 0 Å². The zero-order valence-electron chi connectivity index (χ0n) is 16.3. The predicted molar refractivity (Wildman–Crippen MR) is 113 cm³/mol. The summed E-state index contributed by atoms with van der Waals surface area (Å²) in [6, 6.07) is 19.9. The number of nitrogens with two attached hydrogens (primary N) is 1. The highest BCUT2D eigenvalue weighted by molar-refractivity contribution is 5.81. The van der Waals surface area contributed by atoms with E-state index in [1.165, 1.54) is 16.8 Å². The minimum absolute atomic E-state index is 0.187. The standard InChI is InChI=1S/C23H25N5O/c24-21(14-20-5-3-12-26-27-20)23(29)25-15-17-7-9-18(10-8-17)16-28-13-11-19-4-1-2-6-22(19)28/h1-10,12,21H,11,13-16,24H2,(H,25,29). The van der Waals surface area contributed by atoms with E-state index in [-0.39, 0.29) is 5.91 Å². The van der Waals surface area contributed by atoms with Crippen molar-refractivity contribution in [3.05, 3.63) is 89.2 Å². The Balaban J connectivity index is 1.28. The number of hydrogen-bond acceptors (Lipinski definition) is 5. The molecule has 0 spiro atoms. The molecule has 0 bridgehead atoms. The molecule has 1 aromatic heterocycles. The third-order valence-corrected chi connectivity index (χ3v) is 5.24. The van der Waals surface area contributed by atoms with Crippen molar-refractivity contribution in [2.75, 3.05) is 11.4 Å². The highest BCUT2D eigenvalue weighted by Crippen LogP contribution is 2.28. The normalized spacial score (nSPS) is 13.8. The monoisotopic (exact) mass is 387 g/mol. The molecule has 6 nitrogen and oxygen atoms in total. The number of carbonyl (C=O) groups excluding carboxylic acids is 1. The number of amides is 1. The van der Waals surface area contributed by atoms with Crippen LogP contribution in [-0.4, -0.2) is 28.7 Å². The zero-order valence-corrected chi connectivity index (χ0v) is 16.3. The van der Waals surface area contributed by atoms with Gasteiger partial charge in [-0.25, -0.2) is 0 Å². The highest BCUT2D eigenvalue weighted by atomic mass is 16.2.